The summed E-state index contributed by atoms with van der Waals surface area (Å²) in [7, 11) is 0. The fourth-order valence-electron chi connectivity index (χ4n) is 4.82. The number of fused-ring (bicyclic) bond motifs is 1. The topological polar surface area (TPSA) is 82.5 Å². The monoisotopic (exact) mass is 536 g/mol. The minimum Gasteiger partial charge on any atom is -0.446 e. The van der Waals surface area contributed by atoms with Crippen molar-refractivity contribution in [2.75, 3.05) is 37.7 Å². The molecule has 0 spiro atoms. The van der Waals surface area contributed by atoms with E-state index in [0.717, 1.165) is 53.1 Å². The first-order chi connectivity index (χ1) is 18.2. The first-order valence-corrected chi connectivity index (χ1v) is 14.0. The molecule has 0 fully saturated rings. The number of amides is 3. The van der Waals surface area contributed by atoms with E-state index in [9.17, 15) is 14.4 Å². The fraction of sp³-hybridized carbons (Fsp3) is 0.448. The lowest BCUT2D eigenvalue weighted by Gasteiger charge is -2.39. The van der Waals surface area contributed by atoms with Gasteiger partial charge in [0.1, 0.15) is 6.61 Å². The molecule has 2 aromatic rings. The molecule has 0 bridgehead atoms. The molecule has 0 saturated carbocycles. The highest BCUT2D eigenvalue weighted by Crippen LogP contribution is 2.41. The van der Waals surface area contributed by atoms with E-state index in [2.05, 4.69) is 29.9 Å². The maximum atomic E-state index is 13.3. The van der Waals surface area contributed by atoms with Gasteiger partial charge in [0.2, 0.25) is 0 Å². The summed E-state index contributed by atoms with van der Waals surface area (Å²) in [6.45, 7) is 13.5. The second kappa shape index (κ2) is 11.7. The Bertz CT molecular complexity index is 1230. The van der Waals surface area contributed by atoms with E-state index in [1.54, 1.807) is 0 Å². The molecule has 4 rings (SSSR count). The van der Waals surface area contributed by atoms with Gasteiger partial charge < -0.3 is 14.5 Å². The molecule has 0 saturated heterocycles. The number of anilines is 1. The number of hydrogen-bond acceptors (Lipinski definition) is 7. The number of carbonyl (C=O) groups excluding carboxylic acids is 3. The van der Waals surface area contributed by atoms with Crippen molar-refractivity contribution in [2.45, 2.75) is 51.7 Å². The van der Waals surface area contributed by atoms with Crippen LogP contribution in [0.15, 0.2) is 53.6 Å². The molecule has 0 aliphatic carbocycles. The van der Waals surface area contributed by atoms with Crippen LogP contribution in [0.3, 0.4) is 0 Å². The molecule has 1 unspecified atom stereocenters. The van der Waals surface area contributed by atoms with Gasteiger partial charge in [-0.2, -0.15) is 5.10 Å². The summed E-state index contributed by atoms with van der Waals surface area (Å²) in [5.41, 5.74) is 3.84. The molecule has 2 aliphatic rings. The molecule has 2 aromatic carbocycles. The Kier molecular flexibility index (Phi) is 8.57. The number of hydrogen-bond donors (Lipinski definition) is 0. The van der Waals surface area contributed by atoms with Crippen molar-refractivity contribution in [3.63, 3.8) is 0 Å². The van der Waals surface area contributed by atoms with Gasteiger partial charge in [-0.3, -0.25) is 9.59 Å². The van der Waals surface area contributed by atoms with Crippen molar-refractivity contribution in [3.8, 4) is 0 Å². The molecule has 1 atom stereocenters. The Morgan fingerprint density at radius 3 is 2.53 bits per heavy atom. The summed E-state index contributed by atoms with van der Waals surface area (Å²) < 4.78 is 5.37. The smallest absolute Gasteiger partial charge is 0.438 e. The zero-order valence-electron chi connectivity index (χ0n) is 22.8. The van der Waals surface area contributed by atoms with E-state index in [0.29, 0.717) is 24.4 Å². The van der Waals surface area contributed by atoms with Gasteiger partial charge in [0.05, 0.1) is 11.0 Å². The van der Waals surface area contributed by atoms with Crippen LogP contribution in [0.5, 0.6) is 0 Å². The largest absolute Gasteiger partial charge is 0.446 e. The number of imide groups is 1. The Balaban J connectivity index is 1.62. The third kappa shape index (κ3) is 5.78. The van der Waals surface area contributed by atoms with Gasteiger partial charge in [-0.05, 0) is 67.2 Å². The van der Waals surface area contributed by atoms with Crippen molar-refractivity contribution in [2.24, 2.45) is 5.10 Å². The van der Waals surface area contributed by atoms with Gasteiger partial charge in [0.25, 0.3) is 5.91 Å². The van der Waals surface area contributed by atoms with Crippen molar-refractivity contribution in [1.82, 2.24) is 9.91 Å². The maximum absolute atomic E-state index is 13.3. The number of benzene rings is 2. The number of hydrazone groups is 1. The lowest BCUT2D eigenvalue weighted by molar-refractivity contribution is 0.0981. The number of likely N-dealkylation sites (N-methyl/N-ethyl adjacent to an activating group) is 1. The van der Waals surface area contributed by atoms with Crippen LogP contribution >= 0.6 is 11.8 Å². The molecule has 3 amide bonds. The average molecular weight is 537 g/mol. The van der Waals surface area contributed by atoms with Gasteiger partial charge >= 0.3 is 11.3 Å². The normalized spacial score (nSPS) is 18.7. The van der Waals surface area contributed by atoms with Crippen molar-refractivity contribution in [3.05, 3.63) is 65.2 Å². The predicted octanol–water partition coefficient (Wildman–Crippen LogP) is 5.75. The van der Waals surface area contributed by atoms with Crippen LogP contribution in [0.1, 0.15) is 62.5 Å². The van der Waals surface area contributed by atoms with Crippen LogP contribution in [0.2, 0.25) is 0 Å². The quantitative estimate of drug-likeness (QED) is 0.448. The standard InChI is InChI=1S/C29H36N4O4S/c1-6-31(7-2)17-18-37-27(35)33-28(36)38-20(3)25(30-33)22-13-14-24-23(19-22)29(4,5)15-16-32(24)26(34)21-11-9-8-10-12-21/h8-14,19-20H,6-7,15-18H2,1-5H3. The molecule has 0 N–H and O–H groups in total. The predicted molar refractivity (Wildman–Crippen MR) is 152 cm³/mol. The first-order valence-electron chi connectivity index (χ1n) is 13.2. The maximum Gasteiger partial charge on any atom is 0.438 e. The van der Waals surface area contributed by atoms with Crippen molar-refractivity contribution >= 4 is 40.4 Å². The zero-order chi connectivity index (χ0) is 27.4. The second-order valence-corrected chi connectivity index (χ2v) is 11.4. The van der Waals surface area contributed by atoms with Crippen LogP contribution in [0.25, 0.3) is 0 Å². The lowest BCUT2D eigenvalue weighted by atomic mass is 9.76. The Morgan fingerprint density at radius 1 is 1.13 bits per heavy atom. The number of rotatable bonds is 7. The summed E-state index contributed by atoms with van der Waals surface area (Å²) in [5.74, 6) is -0.0294. The van der Waals surface area contributed by atoms with Crippen LogP contribution in [-0.4, -0.2) is 70.9 Å². The fourth-order valence-corrected chi connectivity index (χ4v) is 5.64. The highest BCUT2D eigenvalue weighted by atomic mass is 32.2. The van der Waals surface area contributed by atoms with Gasteiger partial charge in [-0.15, -0.1) is 5.01 Å². The summed E-state index contributed by atoms with van der Waals surface area (Å²) >= 11 is 1.05. The highest BCUT2D eigenvalue weighted by molar-refractivity contribution is 8.14. The summed E-state index contributed by atoms with van der Waals surface area (Å²) in [5, 5.41) is 4.60. The van der Waals surface area contributed by atoms with E-state index >= 15 is 0 Å². The van der Waals surface area contributed by atoms with E-state index in [4.69, 9.17) is 4.74 Å². The van der Waals surface area contributed by atoms with Gasteiger partial charge in [0.15, 0.2) is 0 Å². The average Bonchev–Trinajstić information content (AvgIpc) is 2.91. The number of carbonyl (C=O) groups is 3. The molecule has 9 heteroatoms. The summed E-state index contributed by atoms with van der Waals surface area (Å²) in [6, 6.07) is 15.2. The van der Waals surface area contributed by atoms with E-state index < -0.39 is 11.3 Å². The summed E-state index contributed by atoms with van der Waals surface area (Å²) in [4.78, 5) is 42.7. The third-order valence-electron chi connectivity index (χ3n) is 7.28. The number of thioether (sulfide) groups is 1. The van der Waals surface area contributed by atoms with Gasteiger partial charge in [0, 0.05) is 24.3 Å². The molecule has 0 radical (unpaired) electrons. The van der Waals surface area contributed by atoms with Crippen LogP contribution in [0, 0.1) is 0 Å². The molecule has 0 aromatic heterocycles. The zero-order valence-corrected chi connectivity index (χ0v) is 23.6. The highest BCUT2D eigenvalue weighted by Gasteiger charge is 2.37. The molecule has 202 valence electrons. The van der Waals surface area contributed by atoms with Crippen molar-refractivity contribution < 1.29 is 19.1 Å². The molecule has 2 aliphatic heterocycles. The SMILES string of the molecule is CCN(CC)CCOC(=O)N1N=C(c2ccc3c(c2)C(C)(C)CCN3C(=O)c2ccccc2)C(C)SC1=O. The van der Waals surface area contributed by atoms with Gasteiger partial charge in [-0.1, -0.05) is 63.7 Å². The molecular weight excluding hydrogens is 500 g/mol. The van der Waals surface area contributed by atoms with E-state index in [-0.39, 0.29) is 23.2 Å². The van der Waals surface area contributed by atoms with Gasteiger partial charge in [-0.25, -0.2) is 4.79 Å². The lowest BCUT2D eigenvalue weighted by Crippen LogP contribution is -2.42. The minimum atomic E-state index is -0.767. The Labute approximate surface area is 229 Å². The van der Waals surface area contributed by atoms with Crippen LogP contribution < -0.4 is 4.90 Å². The summed E-state index contributed by atoms with van der Waals surface area (Å²) in [6.07, 6.45) is 0.0411. The third-order valence-corrected chi connectivity index (χ3v) is 8.23. The van der Waals surface area contributed by atoms with Crippen molar-refractivity contribution in [1.29, 1.82) is 0 Å². The van der Waals surface area contributed by atoms with Crippen LogP contribution in [0.4, 0.5) is 15.3 Å². The second-order valence-electron chi connectivity index (χ2n) is 10.2. The van der Waals surface area contributed by atoms with Crippen LogP contribution in [-0.2, 0) is 10.2 Å². The molecule has 8 nitrogen and oxygen atoms in total. The number of ether oxygens (including phenoxy) is 1. The Morgan fingerprint density at radius 2 is 1.84 bits per heavy atom. The molecule has 38 heavy (non-hydrogen) atoms. The van der Waals surface area contributed by atoms with E-state index in [1.807, 2.05) is 68.1 Å². The Hall–Kier alpha value is -3.17. The molecular formula is C29H36N4O4S. The minimum absolute atomic E-state index is 0.0294. The first kappa shape index (κ1) is 27.9. The molecule has 2 heterocycles. The number of nitrogens with zero attached hydrogens (tertiary/aromatic N) is 4. The van der Waals surface area contributed by atoms with E-state index in [1.165, 1.54) is 0 Å².